The molecule has 0 aromatic heterocycles. The van der Waals surface area contributed by atoms with Crippen LogP contribution in [0.3, 0.4) is 0 Å². The zero-order valence-corrected chi connectivity index (χ0v) is 11.3. The smallest absolute Gasteiger partial charge is 0.254 e. The fraction of sp³-hybridized carbons (Fsp3) is 0.467. The molecule has 106 valence electrons. The first-order valence-corrected chi connectivity index (χ1v) is 7.08. The van der Waals surface area contributed by atoms with E-state index < -0.39 is 0 Å². The SMILES string of the molecule is NC(=NO)c1ccc(C(=O)N(CC2CC2)C2CC2)cc1. The molecule has 3 rings (SSSR count). The number of hydrogen-bond acceptors (Lipinski definition) is 3. The van der Waals surface area contributed by atoms with Gasteiger partial charge in [0.2, 0.25) is 0 Å². The lowest BCUT2D eigenvalue weighted by molar-refractivity contribution is 0.0735. The Morgan fingerprint density at radius 3 is 2.30 bits per heavy atom. The number of oxime groups is 1. The predicted octanol–water partition coefficient (Wildman–Crippen LogP) is 1.80. The van der Waals surface area contributed by atoms with E-state index in [1.54, 1.807) is 24.3 Å². The van der Waals surface area contributed by atoms with Crippen LogP contribution >= 0.6 is 0 Å². The number of benzene rings is 1. The first kappa shape index (κ1) is 13.0. The molecule has 5 nitrogen and oxygen atoms in total. The Kier molecular flexibility index (Phi) is 3.34. The number of carbonyl (C=O) groups is 1. The van der Waals surface area contributed by atoms with Crippen LogP contribution in [0.5, 0.6) is 0 Å². The fourth-order valence-electron chi connectivity index (χ4n) is 2.37. The molecular weight excluding hydrogens is 254 g/mol. The first-order valence-electron chi connectivity index (χ1n) is 7.08. The van der Waals surface area contributed by atoms with Gasteiger partial charge in [0.15, 0.2) is 5.84 Å². The molecule has 1 aromatic rings. The van der Waals surface area contributed by atoms with Crippen molar-refractivity contribution in [3.05, 3.63) is 35.4 Å². The van der Waals surface area contributed by atoms with Gasteiger partial charge in [0.25, 0.3) is 5.91 Å². The lowest BCUT2D eigenvalue weighted by Gasteiger charge is -2.22. The molecule has 2 saturated carbocycles. The second-order valence-corrected chi connectivity index (χ2v) is 5.69. The van der Waals surface area contributed by atoms with Crippen LogP contribution in [0, 0.1) is 5.92 Å². The average molecular weight is 273 g/mol. The molecule has 1 amide bonds. The number of rotatable bonds is 5. The Morgan fingerprint density at radius 1 is 1.20 bits per heavy atom. The summed E-state index contributed by atoms with van der Waals surface area (Å²) in [6.45, 7) is 0.894. The van der Waals surface area contributed by atoms with Gasteiger partial charge < -0.3 is 15.8 Å². The number of nitrogens with zero attached hydrogens (tertiary/aromatic N) is 2. The van der Waals surface area contributed by atoms with E-state index in [1.807, 2.05) is 4.90 Å². The van der Waals surface area contributed by atoms with Crippen molar-refractivity contribution in [2.75, 3.05) is 6.54 Å². The van der Waals surface area contributed by atoms with Crippen molar-refractivity contribution in [3.63, 3.8) is 0 Å². The van der Waals surface area contributed by atoms with Gasteiger partial charge in [-0.1, -0.05) is 17.3 Å². The summed E-state index contributed by atoms with van der Waals surface area (Å²) in [5.41, 5.74) is 6.81. The molecule has 2 aliphatic carbocycles. The molecule has 0 bridgehead atoms. The molecule has 0 radical (unpaired) electrons. The Balaban J connectivity index is 1.74. The second-order valence-electron chi connectivity index (χ2n) is 5.69. The van der Waals surface area contributed by atoms with Gasteiger partial charge in [-0.25, -0.2) is 0 Å². The largest absolute Gasteiger partial charge is 0.409 e. The molecule has 2 fully saturated rings. The zero-order valence-electron chi connectivity index (χ0n) is 11.3. The van der Waals surface area contributed by atoms with E-state index in [9.17, 15) is 4.79 Å². The summed E-state index contributed by atoms with van der Waals surface area (Å²) in [5.74, 6) is 0.863. The van der Waals surface area contributed by atoms with Crippen molar-refractivity contribution in [3.8, 4) is 0 Å². The Morgan fingerprint density at radius 2 is 1.80 bits per heavy atom. The minimum absolute atomic E-state index is 0.0565. The topological polar surface area (TPSA) is 78.9 Å². The number of amides is 1. The van der Waals surface area contributed by atoms with Crippen molar-refractivity contribution in [1.82, 2.24) is 4.90 Å². The predicted molar refractivity (Wildman–Crippen MR) is 75.7 cm³/mol. The summed E-state index contributed by atoms with van der Waals surface area (Å²) in [6, 6.07) is 7.36. The van der Waals surface area contributed by atoms with Crippen molar-refractivity contribution in [1.29, 1.82) is 0 Å². The molecule has 0 atom stereocenters. The highest BCUT2D eigenvalue weighted by Gasteiger charge is 2.36. The van der Waals surface area contributed by atoms with Crippen molar-refractivity contribution in [2.45, 2.75) is 31.7 Å². The highest BCUT2D eigenvalue weighted by Crippen LogP contribution is 2.35. The average Bonchev–Trinajstić information content (AvgIpc) is 3.36. The van der Waals surface area contributed by atoms with E-state index in [2.05, 4.69) is 5.16 Å². The van der Waals surface area contributed by atoms with Gasteiger partial charge in [0, 0.05) is 23.7 Å². The van der Waals surface area contributed by atoms with Crippen LogP contribution in [0.15, 0.2) is 29.4 Å². The third kappa shape index (κ3) is 2.76. The van der Waals surface area contributed by atoms with Gasteiger partial charge in [-0.05, 0) is 43.7 Å². The maximum atomic E-state index is 12.6. The molecule has 20 heavy (non-hydrogen) atoms. The van der Waals surface area contributed by atoms with Crippen molar-refractivity contribution < 1.29 is 10.0 Å². The van der Waals surface area contributed by atoms with E-state index in [0.29, 0.717) is 23.1 Å². The number of amidine groups is 1. The third-order valence-electron chi connectivity index (χ3n) is 3.94. The van der Waals surface area contributed by atoms with E-state index in [0.717, 1.165) is 19.4 Å². The fourth-order valence-corrected chi connectivity index (χ4v) is 2.37. The molecule has 0 spiro atoms. The van der Waals surface area contributed by atoms with Gasteiger partial charge >= 0.3 is 0 Å². The third-order valence-corrected chi connectivity index (χ3v) is 3.94. The summed E-state index contributed by atoms with van der Waals surface area (Å²) in [4.78, 5) is 14.6. The summed E-state index contributed by atoms with van der Waals surface area (Å²) < 4.78 is 0. The standard InChI is InChI=1S/C15H19N3O2/c16-14(17-20)11-3-5-12(6-4-11)15(19)18(13-7-8-13)9-10-1-2-10/h3-6,10,13,20H,1-2,7-9H2,(H2,16,17). The highest BCUT2D eigenvalue weighted by molar-refractivity contribution is 5.99. The van der Waals surface area contributed by atoms with Crippen LogP contribution in [0.1, 0.15) is 41.6 Å². The van der Waals surface area contributed by atoms with Gasteiger partial charge in [-0.15, -0.1) is 0 Å². The number of nitrogens with two attached hydrogens (primary N) is 1. The minimum Gasteiger partial charge on any atom is -0.409 e. The minimum atomic E-state index is 0.0565. The molecule has 3 N–H and O–H groups in total. The van der Waals surface area contributed by atoms with Crippen LogP contribution in [-0.2, 0) is 0 Å². The molecule has 2 aliphatic rings. The van der Waals surface area contributed by atoms with Crippen LogP contribution in [0.2, 0.25) is 0 Å². The van der Waals surface area contributed by atoms with Gasteiger partial charge in [0.05, 0.1) is 0 Å². The lowest BCUT2D eigenvalue weighted by atomic mass is 10.1. The molecule has 0 aliphatic heterocycles. The normalized spacial score (nSPS) is 18.9. The Bertz CT molecular complexity index is 531. The van der Waals surface area contributed by atoms with Crippen LogP contribution in [-0.4, -0.2) is 34.4 Å². The maximum absolute atomic E-state index is 12.6. The molecule has 1 aromatic carbocycles. The van der Waals surface area contributed by atoms with Gasteiger partial charge in [-0.2, -0.15) is 0 Å². The first-order chi connectivity index (χ1) is 9.69. The highest BCUT2D eigenvalue weighted by atomic mass is 16.4. The summed E-state index contributed by atoms with van der Waals surface area (Å²) in [5, 5.41) is 11.6. The van der Waals surface area contributed by atoms with Crippen LogP contribution in [0.25, 0.3) is 0 Å². The summed E-state index contributed by atoms with van der Waals surface area (Å²) >= 11 is 0. The monoisotopic (exact) mass is 273 g/mol. The van der Waals surface area contributed by atoms with Crippen molar-refractivity contribution >= 4 is 11.7 Å². The lowest BCUT2D eigenvalue weighted by Crippen LogP contribution is -2.34. The van der Waals surface area contributed by atoms with Gasteiger partial charge in [0.1, 0.15) is 0 Å². The Hall–Kier alpha value is -2.04. The van der Waals surface area contributed by atoms with E-state index in [-0.39, 0.29) is 11.7 Å². The number of carbonyl (C=O) groups excluding carboxylic acids is 1. The van der Waals surface area contributed by atoms with Gasteiger partial charge in [-0.3, -0.25) is 4.79 Å². The second kappa shape index (κ2) is 5.15. The quantitative estimate of drug-likeness (QED) is 0.371. The van der Waals surface area contributed by atoms with E-state index >= 15 is 0 Å². The summed E-state index contributed by atoms with van der Waals surface area (Å²) in [6.07, 6.45) is 4.75. The maximum Gasteiger partial charge on any atom is 0.254 e. The molecule has 0 unspecified atom stereocenters. The molecule has 0 heterocycles. The zero-order chi connectivity index (χ0) is 14.1. The molecular formula is C15H19N3O2. The van der Waals surface area contributed by atoms with Crippen LogP contribution < -0.4 is 5.73 Å². The number of hydrogen-bond donors (Lipinski definition) is 2. The molecule has 5 heteroatoms. The van der Waals surface area contributed by atoms with Crippen LogP contribution in [0.4, 0.5) is 0 Å². The Labute approximate surface area is 118 Å². The van der Waals surface area contributed by atoms with Crippen molar-refractivity contribution in [2.24, 2.45) is 16.8 Å². The van der Waals surface area contributed by atoms with E-state index in [4.69, 9.17) is 10.9 Å². The molecule has 0 saturated heterocycles. The van der Waals surface area contributed by atoms with E-state index in [1.165, 1.54) is 12.8 Å². The summed E-state index contributed by atoms with van der Waals surface area (Å²) in [7, 11) is 0.